The fourth-order valence-electron chi connectivity index (χ4n) is 2.25. The van der Waals surface area contributed by atoms with Crippen molar-refractivity contribution in [3.63, 3.8) is 0 Å². The predicted octanol–water partition coefficient (Wildman–Crippen LogP) is 4.04. The molecule has 0 saturated carbocycles. The van der Waals surface area contributed by atoms with Crippen molar-refractivity contribution in [3.8, 4) is 16.9 Å². The lowest BCUT2D eigenvalue weighted by Gasteiger charge is -2.09. The summed E-state index contributed by atoms with van der Waals surface area (Å²) in [4.78, 5) is 22.9. The van der Waals surface area contributed by atoms with Gasteiger partial charge in [0, 0.05) is 24.4 Å². The van der Waals surface area contributed by atoms with Crippen molar-refractivity contribution in [1.29, 1.82) is 0 Å². The van der Waals surface area contributed by atoms with Gasteiger partial charge in [-0.2, -0.15) is 0 Å². The Morgan fingerprint density at radius 2 is 1.86 bits per heavy atom. The van der Waals surface area contributed by atoms with Crippen LogP contribution in [0.25, 0.3) is 22.1 Å². The van der Waals surface area contributed by atoms with Crippen molar-refractivity contribution in [3.05, 3.63) is 64.0 Å². The number of esters is 1. The predicted molar refractivity (Wildman–Crippen MR) is 84.2 cm³/mol. The van der Waals surface area contributed by atoms with Crippen LogP contribution in [0, 0.1) is 0 Å². The van der Waals surface area contributed by atoms with Crippen molar-refractivity contribution >= 4 is 28.5 Å². The first kappa shape index (κ1) is 14.4. The number of carbonyl (C=O) groups is 1. The summed E-state index contributed by atoms with van der Waals surface area (Å²) in [6.07, 6.45) is 0. The number of hydrogen-bond acceptors (Lipinski definition) is 4. The van der Waals surface area contributed by atoms with Gasteiger partial charge in [-0.1, -0.05) is 41.9 Å². The van der Waals surface area contributed by atoms with E-state index in [1.54, 1.807) is 6.07 Å². The van der Waals surface area contributed by atoms with E-state index in [2.05, 4.69) is 0 Å². The Kier molecular flexibility index (Phi) is 3.69. The van der Waals surface area contributed by atoms with Gasteiger partial charge in [-0.15, -0.1) is 0 Å². The number of carbonyl (C=O) groups excluding carboxylic acids is 1. The highest BCUT2D eigenvalue weighted by Gasteiger charge is 2.13. The van der Waals surface area contributed by atoms with E-state index in [1.165, 1.54) is 19.1 Å². The molecule has 0 aliphatic rings. The molecule has 0 amide bonds. The molecule has 0 saturated heterocycles. The molecule has 3 aromatic rings. The van der Waals surface area contributed by atoms with Gasteiger partial charge in [-0.25, -0.2) is 4.79 Å². The Labute approximate surface area is 130 Å². The molecule has 110 valence electrons. The van der Waals surface area contributed by atoms with E-state index < -0.39 is 11.6 Å². The molecule has 2 aromatic carbocycles. The topological polar surface area (TPSA) is 56.5 Å². The third-order valence-electron chi connectivity index (χ3n) is 3.14. The van der Waals surface area contributed by atoms with Gasteiger partial charge in [0.1, 0.15) is 5.58 Å². The van der Waals surface area contributed by atoms with Crippen molar-refractivity contribution < 1.29 is 13.9 Å². The van der Waals surface area contributed by atoms with Crippen LogP contribution in [-0.2, 0) is 4.79 Å². The summed E-state index contributed by atoms with van der Waals surface area (Å²) in [5.41, 5.74) is 1.41. The van der Waals surface area contributed by atoms with E-state index in [1.807, 2.05) is 30.3 Å². The van der Waals surface area contributed by atoms with Crippen LogP contribution < -0.4 is 10.4 Å². The molecule has 1 heterocycles. The Bertz CT molecular complexity index is 913. The van der Waals surface area contributed by atoms with Crippen LogP contribution >= 0.6 is 11.6 Å². The summed E-state index contributed by atoms with van der Waals surface area (Å²) in [5.74, 6) is -0.335. The highest BCUT2D eigenvalue weighted by molar-refractivity contribution is 6.33. The molecule has 0 radical (unpaired) electrons. The van der Waals surface area contributed by atoms with Crippen LogP contribution in [0.5, 0.6) is 5.75 Å². The van der Waals surface area contributed by atoms with Gasteiger partial charge in [0.2, 0.25) is 0 Å². The molecule has 0 aliphatic heterocycles. The highest BCUT2D eigenvalue weighted by Crippen LogP contribution is 2.34. The van der Waals surface area contributed by atoms with Crippen LogP contribution in [0.1, 0.15) is 6.92 Å². The normalized spacial score (nSPS) is 10.6. The number of ether oxygens (including phenoxy) is 1. The minimum Gasteiger partial charge on any atom is -0.425 e. The molecular formula is C17H11ClO4. The van der Waals surface area contributed by atoms with Gasteiger partial charge in [-0.05, 0) is 17.2 Å². The zero-order valence-corrected chi connectivity index (χ0v) is 12.4. The molecule has 0 bridgehead atoms. The van der Waals surface area contributed by atoms with E-state index >= 15 is 0 Å². The maximum absolute atomic E-state index is 11.8. The lowest BCUT2D eigenvalue weighted by molar-refractivity contribution is -0.131. The average Bonchev–Trinajstić information content (AvgIpc) is 2.48. The first-order chi connectivity index (χ1) is 10.5. The fourth-order valence-corrected chi connectivity index (χ4v) is 2.45. The second-order valence-corrected chi connectivity index (χ2v) is 5.12. The van der Waals surface area contributed by atoms with E-state index in [4.69, 9.17) is 20.8 Å². The van der Waals surface area contributed by atoms with E-state index in [-0.39, 0.29) is 10.8 Å². The Morgan fingerprint density at radius 1 is 1.14 bits per heavy atom. The Hall–Kier alpha value is -2.59. The van der Waals surface area contributed by atoms with Gasteiger partial charge in [0.05, 0.1) is 5.02 Å². The molecule has 0 atom stereocenters. The third-order valence-corrected chi connectivity index (χ3v) is 3.43. The maximum Gasteiger partial charge on any atom is 0.336 e. The van der Waals surface area contributed by atoms with Crippen LogP contribution in [0.4, 0.5) is 0 Å². The molecule has 0 N–H and O–H groups in total. The van der Waals surface area contributed by atoms with E-state index in [0.29, 0.717) is 16.5 Å². The zero-order chi connectivity index (χ0) is 15.7. The van der Waals surface area contributed by atoms with Crippen molar-refractivity contribution in [2.75, 3.05) is 0 Å². The third kappa shape index (κ3) is 2.73. The second kappa shape index (κ2) is 5.66. The van der Waals surface area contributed by atoms with Gasteiger partial charge in [-0.3, -0.25) is 4.79 Å². The van der Waals surface area contributed by atoms with Gasteiger partial charge in [0.15, 0.2) is 5.75 Å². The second-order valence-electron chi connectivity index (χ2n) is 4.72. The average molecular weight is 315 g/mol. The molecule has 3 rings (SSSR count). The summed E-state index contributed by atoms with van der Waals surface area (Å²) in [6.45, 7) is 1.27. The molecule has 4 nitrogen and oxygen atoms in total. The molecule has 0 unspecified atom stereocenters. The SMILES string of the molecule is CC(=O)Oc1cc2oc(=O)cc(-c3ccccc3)c2cc1Cl. The Morgan fingerprint density at radius 3 is 2.55 bits per heavy atom. The maximum atomic E-state index is 11.8. The lowest BCUT2D eigenvalue weighted by atomic mass is 10.0. The van der Waals surface area contributed by atoms with E-state index in [9.17, 15) is 9.59 Å². The number of halogens is 1. The minimum absolute atomic E-state index is 0.162. The number of fused-ring (bicyclic) bond motifs is 1. The summed E-state index contributed by atoms with van der Waals surface area (Å²) in [7, 11) is 0. The number of hydrogen-bond donors (Lipinski definition) is 0. The summed E-state index contributed by atoms with van der Waals surface area (Å²) in [6, 6.07) is 13.9. The molecule has 0 fully saturated rings. The quantitative estimate of drug-likeness (QED) is 0.407. The first-order valence-corrected chi connectivity index (χ1v) is 6.93. The van der Waals surface area contributed by atoms with Crippen molar-refractivity contribution in [2.24, 2.45) is 0 Å². The zero-order valence-electron chi connectivity index (χ0n) is 11.6. The minimum atomic E-state index is -0.497. The summed E-state index contributed by atoms with van der Waals surface area (Å²) in [5, 5.41) is 0.945. The van der Waals surface area contributed by atoms with Gasteiger partial charge < -0.3 is 9.15 Å². The first-order valence-electron chi connectivity index (χ1n) is 6.56. The largest absolute Gasteiger partial charge is 0.425 e. The van der Waals surface area contributed by atoms with E-state index in [0.717, 1.165) is 5.56 Å². The van der Waals surface area contributed by atoms with Crippen LogP contribution in [0.15, 0.2) is 57.7 Å². The van der Waals surface area contributed by atoms with Crippen LogP contribution in [0.3, 0.4) is 0 Å². The molecule has 5 heteroatoms. The number of benzene rings is 2. The van der Waals surface area contributed by atoms with Gasteiger partial charge >= 0.3 is 11.6 Å². The summed E-state index contributed by atoms with van der Waals surface area (Å²) < 4.78 is 10.2. The number of rotatable bonds is 2. The lowest BCUT2D eigenvalue weighted by Crippen LogP contribution is -2.03. The van der Waals surface area contributed by atoms with Crippen LogP contribution in [0.2, 0.25) is 5.02 Å². The van der Waals surface area contributed by atoms with Crippen LogP contribution in [-0.4, -0.2) is 5.97 Å². The highest BCUT2D eigenvalue weighted by atomic mass is 35.5. The summed E-state index contributed by atoms with van der Waals surface area (Å²) >= 11 is 6.15. The molecular weight excluding hydrogens is 304 g/mol. The molecule has 22 heavy (non-hydrogen) atoms. The molecule has 1 aromatic heterocycles. The molecule has 0 spiro atoms. The van der Waals surface area contributed by atoms with Gasteiger partial charge in [0.25, 0.3) is 0 Å². The van der Waals surface area contributed by atoms with Crippen molar-refractivity contribution in [2.45, 2.75) is 6.92 Å². The Balaban J connectivity index is 2.29. The fraction of sp³-hybridized carbons (Fsp3) is 0.0588. The standard InChI is InChI=1S/C17H11ClO4/c1-10(19)21-16-9-15-13(7-14(16)18)12(8-17(20)22-15)11-5-3-2-4-6-11/h2-9H,1H3. The van der Waals surface area contributed by atoms with Crippen molar-refractivity contribution in [1.82, 2.24) is 0 Å². The molecule has 0 aliphatic carbocycles. The smallest absolute Gasteiger partial charge is 0.336 e. The monoisotopic (exact) mass is 314 g/mol.